The Morgan fingerprint density at radius 2 is 1.81 bits per heavy atom. The van der Waals surface area contributed by atoms with E-state index in [2.05, 4.69) is 49.9 Å². The minimum atomic E-state index is -0.527. The van der Waals surface area contributed by atoms with E-state index in [0.717, 1.165) is 72.3 Å². The van der Waals surface area contributed by atoms with E-state index in [1.807, 2.05) is 18.3 Å². The number of nitrogen functional groups attached to an aromatic ring is 1. The molecule has 3 aromatic heterocycles. The number of nitrogens with one attached hydrogen (secondary N) is 1. The summed E-state index contributed by atoms with van der Waals surface area (Å²) in [5.41, 5.74) is 13.8. The summed E-state index contributed by atoms with van der Waals surface area (Å²) in [6.07, 6.45) is 8.26. The van der Waals surface area contributed by atoms with E-state index in [1.165, 1.54) is 10.2 Å². The molecule has 0 saturated carbocycles. The van der Waals surface area contributed by atoms with Crippen molar-refractivity contribution in [2.24, 2.45) is 0 Å². The van der Waals surface area contributed by atoms with Gasteiger partial charge in [0.25, 0.3) is 0 Å². The Kier molecular flexibility index (Phi) is 5.37. The Hall–Kier alpha value is -3.89. The maximum Gasteiger partial charge on any atom is 0.248 e. The molecule has 0 amide bonds. The molecule has 3 N–H and O–H groups in total. The molecule has 0 unspecified atom stereocenters. The number of aromatic nitrogens is 6. The van der Waals surface area contributed by atoms with E-state index in [1.54, 1.807) is 0 Å². The quantitative estimate of drug-likeness (QED) is 0.438. The summed E-state index contributed by atoms with van der Waals surface area (Å²) in [5, 5.41) is 16.9. The minimum Gasteiger partial charge on any atom is -0.368 e. The number of rotatable bonds is 3. The first-order valence-corrected chi connectivity index (χ1v) is 12.9. The summed E-state index contributed by atoms with van der Waals surface area (Å²) in [7, 11) is 0. The van der Waals surface area contributed by atoms with Crippen LogP contribution in [0.4, 0.5) is 17.6 Å². The van der Waals surface area contributed by atoms with Gasteiger partial charge in [-0.2, -0.15) is 9.67 Å². The van der Waals surface area contributed by atoms with E-state index >= 15 is 0 Å². The summed E-state index contributed by atoms with van der Waals surface area (Å²) in [6, 6.07) is 12.5. The molecule has 0 atom stereocenters. The molecular weight excluding hydrogens is 468 g/mol. The first-order chi connectivity index (χ1) is 18.2. The zero-order valence-electron chi connectivity index (χ0n) is 20.5. The van der Waals surface area contributed by atoms with Gasteiger partial charge in [-0.25, -0.2) is 0 Å². The van der Waals surface area contributed by atoms with Crippen LogP contribution < -0.4 is 11.1 Å². The predicted molar refractivity (Wildman–Crippen MR) is 138 cm³/mol. The van der Waals surface area contributed by atoms with Gasteiger partial charge in [0.2, 0.25) is 11.9 Å². The summed E-state index contributed by atoms with van der Waals surface area (Å²) >= 11 is 0. The van der Waals surface area contributed by atoms with Crippen molar-refractivity contribution in [2.75, 3.05) is 24.3 Å². The van der Waals surface area contributed by atoms with Crippen molar-refractivity contribution < 1.29 is 9.47 Å². The number of fused-ring (bicyclic) bond motifs is 4. The van der Waals surface area contributed by atoms with Gasteiger partial charge in [-0.15, -0.1) is 15.3 Å². The highest BCUT2D eigenvalue weighted by molar-refractivity contribution is 5.68. The molecule has 7 rings (SSSR count). The molecule has 2 aliphatic carbocycles. The molecule has 4 aromatic rings. The molecule has 1 spiro atoms. The van der Waals surface area contributed by atoms with Gasteiger partial charge in [-0.05, 0) is 60.9 Å². The Labute approximate surface area is 214 Å². The fraction of sp³-hybridized carbons (Fsp3) is 0.370. The average molecular weight is 497 g/mol. The number of hydrogen-bond acceptors (Lipinski definition) is 9. The average Bonchev–Trinajstić information content (AvgIpc) is 3.40. The van der Waals surface area contributed by atoms with E-state index in [9.17, 15) is 0 Å². The van der Waals surface area contributed by atoms with Crippen LogP contribution in [0, 0.1) is 0 Å². The van der Waals surface area contributed by atoms with Crippen LogP contribution in [0.15, 0.2) is 42.6 Å². The lowest BCUT2D eigenvalue weighted by Gasteiger charge is -2.25. The van der Waals surface area contributed by atoms with Crippen LogP contribution >= 0.6 is 0 Å². The molecule has 37 heavy (non-hydrogen) atoms. The third-order valence-corrected chi connectivity index (χ3v) is 7.43. The summed E-state index contributed by atoms with van der Waals surface area (Å²) in [4.78, 5) is 9.13. The number of aryl methyl sites for hydroxylation is 3. The maximum absolute atomic E-state index is 6.25. The van der Waals surface area contributed by atoms with E-state index in [0.29, 0.717) is 31.4 Å². The van der Waals surface area contributed by atoms with Crippen LogP contribution in [0.5, 0.6) is 0 Å². The van der Waals surface area contributed by atoms with Crippen molar-refractivity contribution in [3.05, 3.63) is 65.0 Å². The van der Waals surface area contributed by atoms with Crippen molar-refractivity contribution in [2.45, 2.75) is 50.7 Å². The molecule has 3 aliphatic rings. The summed E-state index contributed by atoms with van der Waals surface area (Å²) < 4.78 is 13.5. The van der Waals surface area contributed by atoms with Gasteiger partial charge in [0.15, 0.2) is 11.6 Å². The van der Waals surface area contributed by atoms with Crippen LogP contribution in [0.2, 0.25) is 0 Å². The predicted octanol–water partition coefficient (Wildman–Crippen LogP) is 3.56. The van der Waals surface area contributed by atoms with E-state index in [-0.39, 0.29) is 5.95 Å². The molecule has 1 aromatic carbocycles. The van der Waals surface area contributed by atoms with Crippen LogP contribution in [-0.4, -0.2) is 48.9 Å². The maximum atomic E-state index is 6.25. The highest BCUT2D eigenvalue weighted by Gasteiger charge is 2.38. The normalized spacial score (nSPS) is 17.9. The summed E-state index contributed by atoms with van der Waals surface area (Å²) in [6.45, 7) is 1.28. The number of nitrogens with two attached hydrogens (primary N) is 1. The van der Waals surface area contributed by atoms with Crippen LogP contribution in [0.25, 0.3) is 17.1 Å². The van der Waals surface area contributed by atoms with Crippen LogP contribution in [0.3, 0.4) is 0 Å². The van der Waals surface area contributed by atoms with Crippen molar-refractivity contribution in [1.82, 2.24) is 29.9 Å². The Balaban J connectivity index is 1.16. The number of hydrogen-bond donors (Lipinski definition) is 2. The molecule has 10 heteroatoms. The van der Waals surface area contributed by atoms with Gasteiger partial charge in [0.05, 0.1) is 30.8 Å². The highest BCUT2D eigenvalue weighted by atomic mass is 16.7. The minimum absolute atomic E-state index is 0.236. The van der Waals surface area contributed by atoms with Crippen LogP contribution in [-0.2, 0) is 35.2 Å². The molecule has 1 aliphatic heterocycles. The smallest absolute Gasteiger partial charge is 0.248 e. The molecule has 0 bridgehead atoms. The number of pyridine rings is 1. The van der Waals surface area contributed by atoms with Gasteiger partial charge in [0.1, 0.15) is 0 Å². The van der Waals surface area contributed by atoms with E-state index < -0.39 is 5.79 Å². The zero-order chi connectivity index (χ0) is 24.8. The van der Waals surface area contributed by atoms with Gasteiger partial charge in [-0.1, -0.05) is 24.3 Å². The molecular formula is C27H28N8O2. The van der Waals surface area contributed by atoms with Crippen LogP contribution in [0.1, 0.15) is 41.6 Å². The molecule has 188 valence electrons. The third kappa shape index (κ3) is 4.11. The van der Waals surface area contributed by atoms with Crippen molar-refractivity contribution in [3.8, 4) is 17.1 Å². The van der Waals surface area contributed by atoms with Crippen molar-refractivity contribution in [3.63, 3.8) is 0 Å². The second-order valence-corrected chi connectivity index (χ2v) is 9.89. The standard InChI is InChI=1S/C27H28N8O2/c28-25-31-26(30-20-13-19-15-27(36-11-12-37-27)10-4-9-22(19)29-16-20)34-35(25)23-14-18-7-3-6-17-5-1-2-8-21(17)24(18)33-32-23/h1-2,5,8,13-14,16H,3-4,6-7,9-12,15H2,(H3,28,30,31,34). The number of benzene rings is 1. The molecule has 1 fully saturated rings. The van der Waals surface area contributed by atoms with Gasteiger partial charge in [0, 0.05) is 24.1 Å². The largest absolute Gasteiger partial charge is 0.368 e. The number of nitrogens with zero attached hydrogens (tertiary/aromatic N) is 6. The Morgan fingerprint density at radius 3 is 2.73 bits per heavy atom. The lowest BCUT2D eigenvalue weighted by atomic mass is 10.0. The van der Waals surface area contributed by atoms with Gasteiger partial charge in [-0.3, -0.25) is 4.98 Å². The molecule has 10 nitrogen and oxygen atoms in total. The highest BCUT2D eigenvalue weighted by Crippen LogP contribution is 2.35. The lowest BCUT2D eigenvalue weighted by Crippen LogP contribution is -2.32. The SMILES string of the molecule is Nc1nc(Nc2cnc3c(c2)CC2(CCC3)OCCO2)nn1-c1cc2c(nn1)-c1ccccc1CCC2. The topological polar surface area (TPSA) is 126 Å². The second-order valence-electron chi connectivity index (χ2n) is 9.89. The number of anilines is 3. The zero-order valence-corrected chi connectivity index (χ0v) is 20.5. The van der Waals surface area contributed by atoms with E-state index in [4.69, 9.17) is 20.2 Å². The Morgan fingerprint density at radius 1 is 0.946 bits per heavy atom. The van der Waals surface area contributed by atoms with Gasteiger partial charge >= 0.3 is 0 Å². The first kappa shape index (κ1) is 22.3. The van der Waals surface area contributed by atoms with Crippen molar-refractivity contribution >= 4 is 17.6 Å². The molecule has 0 radical (unpaired) electrons. The fourth-order valence-electron chi connectivity index (χ4n) is 5.69. The first-order valence-electron chi connectivity index (χ1n) is 12.9. The second kappa shape index (κ2) is 8.89. The third-order valence-electron chi connectivity index (χ3n) is 7.43. The monoisotopic (exact) mass is 496 g/mol. The Bertz CT molecular complexity index is 1480. The molecule has 1 saturated heterocycles. The summed E-state index contributed by atoms with van der Waals surface area (Å²) in [5.74, 6) is 0.632. The molecule has 4 heterocycles. The van der Waals surface area contributed by atoms with Gasteiger partial charge < -0.3 is 20.5 Å². The fourth-order valence-corrected chi connectivity index (χ4v) is 5.69. The number of ether oxygens (including phenoxy) is 2. The lowest BCUT2D eigenvalue weighted by molar-refractivity contribution is -0.160. The van der Waals surface area contributed by atoms with Crippen molar-refractivity contribution in [1.29, 1.82) is 0 Å².